The minimum absolute atomic E-state index is 0.0440. The maximum Gasteiger partial charge on any atom is 0.344 e. The van der Waals surface area contributed by atoms with Crippen LogP contribution in [-0.4, -0.2) is 59.7 Å². The molecule has 2 atom stereocenters. The molecule has 3 rings (SSSR count). The Morgan fingerprint density at radius 1 is 1.14 bits per heavy atom. The third-order valence-electron chi connectivity index (χ3n) is 6.20. The number of carbonyl (C=O) groups is 3. The van der Waals surface area contributed by atoms with Crippen LogP contribution in [0.1, 0.15) is 50.8 Å². The number of carbonyl (C=O) groups excluding carboxylic acids is 3. The standard InChI is InChI=1S/C28H34ClN3O4/c1-19(2)36-27(34)25-20(3)30-28(35)32(26(25)22-12-8-13-23(29)18-22)17-9-16-31(4)24(33)15-14-21-10-6-5-7-11-21/h5-8,10-13,18-19,25-26H,9,14-17H2,1-4H3. The van der Waals surface area contributed by atoms with Crippen molar-refractivity contribution in [2.75, 3.05) is 20.1 Å². The quantitative estimate of drug-likeness (QED) is 0.404. The minimum atomic E-state index is -0.742. The van der Waals surface area contributed by atoms with Crippen molar-refractivity contribution in [3.8, 4) is 0 Å². The first-order valence-electron chi connectivity index (χ1n) is 12.3. The lowest BCUT2D eigenvalue weighted by Crippen LogP contribution is -2.48. The number of nitrogens with zero attached hydrogens (tertiary/aromatic N) is 3. The Hall–Kier alpha value is -3.19. The molecular formula is C28H34ClN3O4. The molecule has 1 aliphatic rings. The molecule has 0 radical (unpaired) electrons. The lowest BCUT2D eigenvalue weighted by Gasteiger charge is -2.39. The van der Waals surface area contributed by atoms with E-state index in [1.807, 2.05) is 36.4 Å². The summed E-state index contributed by atoms with van der Waals surface area (Å²) in [7, 11) is 1.77. The number of benzene rings is 2. The van der Waals surface area contributed by atoms with E-state index in [0.29, 0.717) is 43.1 Å². The summed E-state index contributed by atoms with van der Waals surface area (Å²) in [6, 6.07) is 16.0. The van der Waals surface area contributed by atoms with Gasteiger partial charge in [-0.3, -0.25) is 9.59 Å². The monoisotopic (exact) mass is 511 g/mol. The number of hydrogen-bond donors (Lipinski definition) is 0. The van der Waals surface area contributed by atoms with Crippen LogP contribution in [0.4, 0.5) is 4.79 Å². The van der Waals surface area contributed by atoms with E-state index in [2.05, 4.69) is 4.99 Å². The van der Waals surface area contributed by atoms with E-state index in [1.54, 1.807) is 55.8 Å². The molecule has 0 saturated heterocycles. The van der Waals surface area contributed by atoms with E-state index in [-0.39, 0.29) is 12.0 Å². The van der Waals surface area contributed by atoms with Gasteiger partial charge in [0.15, 0.2) is 0 Å². The van der Waals surface area contributed by atoms with Gasteiger partial charge in [-0.05, 0) is 56.9 Å². The molecule has 8 heteroatoms. The van der Waals surface area contributed by atoms with Crippen LogP contribution in [-0.2, 0) is 20.7 Å². The first kappa shape index (κ1) is 27.4. The van der Waals surface area contributed by atoms with Gasteiger partial charge >= 0.3 is 12.0 Å². The van der Waals surface area contributed by atoms with Gasteiger partial charge in [0.2, 0.25) is 5.91 Å². The largest absolute Gasteiger partial charge is 0.462 e. The van der Waals surface area contributed by atoms with Gasteiger partial charge in [-0.2, -0.15) is 0 Å². The van der Waals surface area contributed by atoms with Gasteiger partial charge in [-0.15, -0.1) is 0 Å². The van der Waals surface area contributed by atoms with Crippen molar-refractivity contribution >= 4 is 35.2 Å². The molecule has 36 heavy (non-hydrogen) atoms. The van der Waals surface area contributed by atoms with Gasteiger partial charge in [-0.25, -0.2) is 9.79 Å². The summed E-state index contributed by atoms with van der Waals surface area (Å²) in [4.78, 5) is 46.1. The Bertz CT molecular complexity index is 1100. The third kappa shape index (κ3) is 7.17. The smallest absolute Gasteiger partial charge is 0.344 e. The van der Waals surface area contributed by atoms with Crippen molar-refractivity contribution < 1.29 is 19.1 Å². The van der Waals surface area contributed by atoms with E-state index < -0.39 is 24.0 Å². The molecule has 1 aliphatic heterocycles. The minimum Gasteiger partial charge on any atom is -0.462 e. The van der Waals surface area contributed by atoms with Crippen molar-refractivity contribution in [1.29, 1.82) is 0 Å². The lowest BCUT2D eigenvalue weighted by atomic mass is 9.86. The summed E-state index contributed by atoms with van der Waals surface area (Å²) in [6.07, 6.45) is 1.34. The fourth-order valence-corrected chi connectivity index (χ4v) is 4.60. The molecule has 0 bridgehead atoms. The van der Waals surface area contributed by atoms with Crippen LogP contribution in [0.25, 0.3) is 0 Å². The first-order valence-corrected chi connectivity index (χ1v) is 12.6. The number of halogens is 1. The van der Waals surface area contributed by atoms with Gasteiger partial charge in [0.1, 0.15) is 5.92 Å². The van der Waals surface area contributed by atoms with Crippen LogP contribution in [0.15, 0.2) is 59.6 Å². The lowest BCUT2D eigenvalue weighted by molar-refractivity contribution is -0.151. The Labute approximate surface area is 218 Å². The molecule has 3 amide bonds. The second-order valence-corrected chi connectivity index (χ2v) is 9.78. The average Bonchev–Trinajstić information content (AvgIpc) is 2.83. The molecule has 0 fully saturated rings. The number of esters is 1. The van der Waals surface area contributed by atoms with E-state index in [1.165, 1.54) is 0 Å². The van der Waals surface area contributed by atoms with Gasteiger partial charge in [0.05, 0.1) is 12.1 Å². The van der Waals surface area contributed by atoms with Crippen LogP contribution < -0.4 is 0 Å². The Morgan fingerprint density at radius 2 is 1.86 bits per heavy atom. The average molecular weight is 512 g/mol. The fourth-order valence-electron chi connectivity index (χ4n) is 4.40. The Morgan fingerprint density at radius 3 is 2.53 bits per heavy atom. The number of urea groups is 1. The molecule has 1 heterocycles. The van der Waals surface area contributed by atoms with Crippen LogP contribution in [0.2, 0.25) is 5.02 Å². The molecule has 0 N–H and O–H groups in total. The molecule has 0 aromatic heterocycles. The highest BCUT2D eigenvalue weighted by Gasteiger charge is 2.43. The molecular weight excluding hydrogens is 478 g/mol. The number of aryl methyl sites for hydroxylation is 1. The number of rotatable bonds is 10. The molecule has 2 aromatic rings. The molecule has 2 unspecified atom stereocenters. The van der Waals surface area contributed by atoms with Gasteiger partial charge in [-0.1, -0.05) is 54.1 Å². The van der Waals surface area contributed by atoms with Crippen molar-refractivity contribution in [2.24, 2.45) is 10.9 Å². The van der Waals surface area contributed by atoms with E-state index in [9.17, 15) is 14.4 Å². The van der Waals surface area contributed by atoms with Crippen molar-refractivity contribution in [1.82, 2.24) is 9.80 Å². The molecule has 0 saturated carbocycles. The summed E-state index contributed by atoms with van der Waals surface area (Å²) in [5.74, 6) is -1.13. The summed E-state index contributed by atoms with van der Waals surface area (Å²) in [5, 5.41) is 0.514. The molecule has 192 valence electrons. The van der Waals surface area contributed by atoms with Crippen molar-refractivity contribution in [2.45, 2.75) is 52.2 Å². The Kier molecular flexibility index (Phi) is 9.65. The number of amides is 3. The van der Waals surface area contributed by atoms with Crippen LogP contribution in [0.3, 0.4) is 0 Å². The second kappa shape index (κ2) is 12.7. The van der Waals surface area contributed by atoms with Gasteiger partial charge in [0.25, 0.3) is 0 Å². The molecule has 2 aromatic carbocycles. The zero-order valence-electron chi connectivity index (χ0n) is 21.3. The van der Waals surface area contributed by atoms with E-state index in [0.717, 1.165) is 11.1 Å². The highest BCUT2D eigenvalue weighted by atomic mass is 35.5. The van der Waals surface area contributed by atoms with Crippen LogP contribution in [0.5, 0.6) is 0 Å². The normalized spacial score (nSPS) is 17.7. The highest BCUT2D eigenvalue weighted by molar-refractivity contribution is 6.30. The van der Waals surface area contributed by atoms with Gasteiger partial charge < -0.3 is 14.5 Å². The molecule has 7 nitrogen and oxygen atoms in total. The van der Waals surface area contributed by atoms with Gasteiger partial charge in [0, 0.05) is 37.3 Å². The fraction of sp³-hybridized carbons (Fsp3) is 0.429. The maximum absolute atomic E-state index is 13.1. The maximum atomic E-state index is 13.1. The van der Waals surface area contributed by atoms with E-state index >= 15 is 0 Å². The van der Waals surface area contributed by atoms with Crippen molar-refractivity contribution in [3.63, 3.8) is 0 Å². The first-order chi connectivity index (χ1) is 17.2. The predicted molar refractivity (Wildman–Crippen MR) is 141 cm³/mol. The van der Waals surface area contributed by atoms with Crippen LogP contribution >= 0.6 is 11.6 Å². The number of hydrogen-bond acceptors (Lipinski definition) is 4. The zero-order chi connectivity index (χ0) is 26.2. The van der Waals surface area contributed by atoms with E-state index in [4.69, 9.17) is 16.3 Å². The molecule has 0 aliphatic carbocycles. The second-order valence-electron chi connectivity index (χ2n) is 9.35. The third-order valence-corrected chi connectivity index (χ3v) is 6.44. The SMILES string of the molecule is CC1=NC(=O)N(CCCN(C)C(=O)CCc2ccccc2)C(c2cccc(Cl)c2)C1C(=O)OC(C)C. The molecule has 0 spiro atoms. The summed E-state index contributed by atoms with van der Waals surface area (Å²) >= 11 is 6.26. The number of ether oxygens (including phenoxy) is 1. The zero-order valence-corrected chi connectivity index (χ0v) is 22.1. The Balaban J connectivity index is 1.72. The summed E-state index contributed by atoms with van der Waals surface area (Å²) in [6.45, 7) is 6.06. The summed E-state index contributed by atoms with van der Waals surface area (Å²) < 4.78 is 5.52. The summed E-state index contributed by atoms with van der Waals surface area (Å²) in [5.41, 5.74) is 2.28. The topological polar surface area (TPSA) is 79.3 Å². The predicted octanol–water partition coefficient (Wildman–Crippen LogP) is 5.33. The highest BCUT2D eigenvalue weighted by Crippen LogP contribution is 2.36. The van der Waals surface area contributed by atoms with Crippen molar-refractivity contribution in [3.05, 3.63) is 70.7 Å². The van der Waals surface area contributed by atoms with Crippen LogP contribution in [0, 0.1) is 5.92 Å². The number of aliphatic imine (C=N–C) groups is 1.